The molecular formula is C11H8ClFN2O4S. The maximum atomic E-state index is 12.9. The fourth-order valence-corrected chi connectivity index (χ4v) is 2.01. The number of hydrogen-bond donors (Lipinski definition) is 2. The lowest BCUT2D eigenvalue weighted by Crippen LogP contribution is -2.12. The van der Waals surface area contributed by atoms with E-state index in [4.69, 9.17) is 21.2 Å². The zero-order valence-electron chi connectivity index (χ0n) is 9.76. The van der Waals surface area contributed by atoms with Crippen molar-refractivity contribution in [1.82, 2.24) is 0 Å². The van der Waals surface area contributed by atoms with E-state index in [1.165, 1.54) is 12.1 Å². The third-order valence-corrected chi connectivity index (χ3v) is 3.33. The first kappa shape index (κ1) is 14.5. The van der Waals surface area contributed by atoms with E-state index in [0.717, 1.165) is 18.2 Å². The molecule has 0 bridgehead atoms. The summed E-state index contributed by atoms with van der Waals surface area (Å²) >= 11 is 5.56. The number of carbonyl (C=O) groups is 1. The molecule has 0 spiro atoms. The summed E-state index contributed by atoms with van der Waals surface area (Å²) < 4.78 is 39.8. The molecule has 2 aromatic rings. The average molecular weight is 319 g/mol. The first-order chi connectivity index (χ1) is 9.27. The Hall–Kier alpha value is -1.90. The largest absolute Gasteiger partial charge is 0.438 e. The van der Waals surface area contributed by atoms with Crippen molar-refractivity contribution >= 4 is 33.2 Å². The van der Waals surface area contributed by atoms with Gasteiger partial charge >= 0.3 is 0 Å². The highest BCUT2D eigenvalue weighted by molar-refractivity contribution is 7.89. The van der Waals surface area contributed by atoms with Gasteiger partial charge < -0.3 is 9.73 Å². The number of halogens is 2. The zero-order chi connectivity index (χ0) is 14.9. The van der Waals surface area contributed by atoms with Crippen molar-refractivity contribution < 1.29 is 22.0 Å². The Labute approximate surface area is 118 Å². The highest BCUT2D eigenvalue weighted by atomic mass is 35.5. The molecule has 1 amide bonds. The second-order valence-corrected chi connectivity index (χ2v) is 5.65. The maximum absolute atomic E-state index is 12.9. The number of sulfonamides is 1. The summed E-state index contributed by atoms with van der Waals surface area (Å²) in [4.78, 5) is 11.8. The van der Waals surface area contributed by atoms with Crippen LogP contribution >= 0.6 is 11.6 Å². The molecule has 0 atom stereocenters. The number of carbonyl (C=O) groups excluding carboxylic acids is 1. The van der Waals surface area contributed by atoms with Crippen LogP contribution in [0.25, 0.3) is 0 Å². The Morgan fingerprint density at radius 2 is 2.00 bits per heavy atom. The second-order valence-electron chi connectivity index (χ2n) is 3.75. The van der Waals surface area contributed by atoms with Crippen molar-refractivity contribution in [3.8, 4) is 0 Å². The van der Waals surface area contributed by atoms with E-state index in [2.05, 4.69) is 5.32 Å². The van der Waals surface area contributed by atoms with Crippen LogP contribution in [0.2, 0.25) is 5.02 Å². The summed E-state index contributed by atoms with van der Waals surface area (Å²) in [5.74, 6) is -1.60. The first-order valence-corrected chi connectivity index (χ1v) is 7.09. The topological polar surface area (TPSA) is 102 Å². The lowest BCUT2D eigenvalue weighted by Gasteiger charge is -2.03. The third-order valence-electron chi connectivity index (χ3n) is 2.26. The molecule has 0 unspecified atom stereocenters. The number of anilines is 1. The third kappa shape index (κ3) is 3.16. The highest BCUT2D eigenvalue weighted by Crippen LogP contribution is 2.20. The smallest absolute Gasteiger partial charge is 0.291 e. The van der Waals surface area contributed by atoms with Crippen LogP contribution in [0.3, 0.4) is 0 Å². The summed E-state index contributed by atoms with van der Waals surface area (Å²) in [6.45, 7) is 0. The number of furan rings is 1. The number of benzene rings is 1. The molecule has 1 aromatic heterocycles. The molecule has 0 radical (unpaired) electrons. The number of nitrogens with two attached hydrogens (primary N) is 1. The SMILES string of the molecule is NS(=O)(=O)c1ccc(C(=O)Nc2ccc(F)c(Cl)c2)o1. The second kappa shape index (κ2) is 5.23. The molecule has 0 aliphatic heterocycles. The van der Waals surface area contributed by atoms with Crippen LogP contribution in [0.15, 0.2) is 39.8 Å². The van der Waals surface area contributed by atoms with E-state index in [1.54, 1.807) is 0 Å². The van der Waals surface area contributed by atoms with E-state index in [-0.39, 0.29) is 16.5 Å². The minimum absolute atomic E-state index is 0.160. The van der Waals surface area contributed by atoms with Crippen molar-refractivity contribution in [1.29, 1.82) is 0 Å². The summed E-state index contributed by atoms with van der Waals surface area (Å²) in [7, 11) is -4.02. The molecule has 9 heteroatoms. The molecule has 6 nitrogen and oxygen atoms in total. The Balaban J connectivity index is 2.20. The molecule has 106 valence electrons. The number of primary sulfonamides is 1. The molecule has 0 saturated heterocycles. The molecule has 0 aliphatic carbocycles. The highest BCUT2D eigenvalue weighted by Gasteiger charge is 2.17. The molecule has 0 aliphatic rings. The number of rotatable bonds is 3. The maximum Gasteiger partial charge on any atom is 0.291 e. The molecule has 1 heterocycles. The quantitative estimate of drug-likeness (QED) is 0.903. The van der Waals surface area contributed by atoms with Gasteiger partial charge in [0.05, 0.1) is 5.02 Å². The van der Waals surface area contributed by atoms with Gasteiger partial charge in [-0.3, -0.25) is 4.79 Å². The van der Waals surface area contributed by atoms with Gasteiger partial charge in [-0.1, -0.05) is 11.6 Å². The summed E-state index contributed by atoms with van der Waals surface area (Å²) in [6, 6.07) is 5.79. The summed E-state index contributed by atoms with van der Waals surface area (Å²) in [5.41, 5.74) is 0.231. The van der Waals surface area contributed by atoms with Crippen LogP contribution in [-0.4, -0.2) is 14.3 Å². The Morgan fingerprint density at radius 3 is 2.55 bits per heavy atom. The predicted octanol–water partition coefficient (Wildman–Crippen LogP) is 1.97. The fourth-order valence-electron chi connectivity index (χ4n) is 1.36. The molecule has 3 N–H and O–H groups in total. The van der Waals surface area contributed by atoms with Gasteiger partial charge in [0.2, 0.25) is 5.09 Å². The van der Waals surface area contributed by atoms with Crippen LogP contribution in [0.4, 0.5) is 10.1 Å². The van der Waals surface area contributed by atoms with E-state index in [1.807, 2.05) is 0 Å². The van der Waals surface area contributed by atoms with E-state index in [9.17, 15) is 17.6 Å². The van der Waals surface area contributed by atoms with E-state index >= 15 is 0 Å². The molecule has 2 rings (SSSR count). The van der Waals surface area contributed by atoms with Crippen LogP contribution in [0.1, 0.15) is 10.6 Å². The minimum Gasteiger partial charge on any atom is -0.438 e. The predicted molar refractivity (Wildman–Crippen MR) is 69.4 cm³/mol. The van der Waals surface area contributed by atoms with Crippen LogP contribution in [0.5, 0.6) is 0 Å². The van der Waals surface area contributed by atoms with Gasteiger partial charge in [0.15, 0.2) is 5.76 Å². The minimum atomic E-state index is -4.02. The molecule has 1 aromatic carbocycles. The van der Waals surface area contributed by atoms with Crippen LogP contribution in [-0.2, 0) is 10.0 Å². The average Bonchev–Trinajstić information content (AvgIpc) is 2.83. The lowest BCUT2D eigenvalue weighted by molar-refractivity contribution is 0.0991. The van der Waals surface area contributed by atoms with Crippen molar-refractivity contribution in [3.05, 3.63) is 46.9 Å². The van der Waals surface area contributed by atoms with Gasteiger partial charge in [0.25, 0.3) is 15.9 Å². The van der Waals surface area contributed by atoms with Gasteiger partial charge in [0.1, 0.15) is 5.82 Å². The van der Waals surface area contributed by atoms with Gasteiger partial charge in [-0.15, -0.1) is 0 Å². The molecule has 0 saturated carbocycles. The van der Waals surface area contributed by atoms with E-state index < -0.39 is 26.8 Å². The number of hydrogen-bond acceptors (Lipinski definition) is 4. The monoisotopic (exact) mass is 318 g/mol. The van der Waals surface area contributed by atoms with Crippen LogP contribution < -0.4 is 10.5 Å². The lowest BCUT2D eigenvalue weighted by atomic mass is 10.3. The normalized spacial score (nSPS) is 11.3. The van der Waals surface area contributed by atoms with E-state index in [0.29, 0.717) is 0 Å². The van der Waals surface area contributed by atoms with Crippen molar-refractivity contribution in [2.45, 2.75) is 5.09 Å². The Kier molecular flexibility index (Phi) is 3.80. The molecule has 20 heavy (non-hydrogen) atoms. The zero-order valence-corrected chi connectivity index (χ0v) is 11.3. The fraction of sp³-hybridized carbons (Fsp3) is 0. The number of nitrogens with one attached hydrogen (secondary N) is 1. The number of amides is 1. The Morgan fingerprint density at radius 1 is 1.30 bits per heavy atom. The summed E-state index contributed by atoms with van der Waals surface area (Å²) in [6.07, 6.45) is 0. The molecular weight excluding hydrogens is 311 g/mol. The summed E-state index contributed by atoms with van der Waals surface area (Å²) in [5, 5.41) is 6.53. The van der Waals surface area contributed by atoms with Crippen LogP contribution in [0, 0.1) is 5.82 Å². The van der Waals surface area contributed by atoms with Gasteiger partial charge in [-0.05, 0) is 30.3 Å². The molecule has 0 fully saturated rings. The van der Waals surface area contributed by atoms with Gasteiger partial charge in [-0.2, -0.15) is 0 Å². The van der Waals surface area contributed by atoms with Gasteiger partial charge in [-0.25, -0.2) is 17.9 Å². The van der Waals surface area contributed by atoms with Crippen molar-refractivity contribution in [2.24, 2.45) is 5.14 Å². The standard InChI is InChI=1S/C11H8ClFN2O4S/c12-7-5-6(1-2-8(7)13)15-11(16)9-3-4-10(19-9)20(14,17)18/h1-5H,(H,15,16)(H2,14,17,18). The Bertz CT molecular complexity index is 772. The first-order valence-electron chi connectivity index (χ1n) is 5.16. The van der Waals surface area contributed by atoms with Crippen molar-refractivity contribution in [2.75, 3.05) is 5.32 Å². The van der Waals surface area contributed by atoms with Gasteiger partial charge in [0, 0.05) is 5.69 Å². The van der Waals surface area contributed by atoms with Crippen molar-refractivity contribution in [3.63, 3.8) is 0 Å².